The van der Waals surface area contributed by atoms with Crippen molar-refractivity contribution in [1.82, 2.24) is 14.8 Å². The van der Waals surface area contributed by atoms with Crippen molar-refractivity contribution in [2.45, 2.75) is 12.1 Å². The lowest BCUT2D eigenvalue weighted by Gasteiger charge is -2.28. The Morgan fingerprint density at radius 3 is 2.10 bits per heavy atom. The van der Waals surface area contributed by atoms with Gasteiger partial charge in [-0.1, -0.05) is 72.3 Å². The van der Waals surface area contributed by atoms with Crippen molar-refractivity contribution in [2.24, 2.45) is 5.10 Å². The van der Waals surface area contributed by atoms with E-state index >= 15 is 0 Å². The van der Waals surface area contributed by atoms with Crippen molar-refractivity contribution in [2.75, 3.05) is 5.01 Å². The minimum absolute atomic E-state index is 0.0747. The van der Waals surface area contributed by atoms with Crippen molar-refractivity contribution < 1.29 is 0 Å². The molecule has 0 spiro atoms. The summed E-state index contributed by atoms with van der Waals surface area (Å²) in [5.74, 6) is 0. The maximum absolute atomic E-state index is 6.13. The van der Waals surface area contributed by atoms with Gasteiger partial charge in [-0.2, -0.15) is 10.2 Å². The van der Waals surface area contributed by atoms with E-state index < -0.39 is 0 Å². The summed E-state index contributed by atoms with van der Waals surface area (Å²) in [7, 11) is 0. The lowest BCUT2D eigenvalue weighted by Crippen LogP contribution is -2.28. The van der Waals surface area contributed by atoms with Crippen molar-refractivity contribution >= 4 is 23.0 Å². The van der Waals surface area contributed by atoms with E-state index in [1.165, 1.54) is 0 Å². The smallest absolute Gasteiger partial charge is 0.137 e. The van der Waals surface area contributed by atoms with E-state index in [1.807, 2.05) is 65.3 Å². The minimum Gasteiger partial charge on any atom is -0.255 e. The van der Waals surface area contributed by atoms with Gasteiger partial charge >= 0.3 is 0 Å². The van der Waals surface area contributed by atoms with Crippen molar-refractivity contribution in [3.05, 3.63) is 114 Å². The standard InChI is InChI=1S/C23H18ClN5/c24-19-11-13-20(14-12-19)29-22(18-9-5-2-6-10-18)23(28-16-25-15-26-28)21(27-29)17-7-3-1-4-8-17/h1-16,22-23H. The Morgan fingerprint density at radius 2 is 1.45 bits per heavy atom. The predicted octanol–water partition coefficient (Wildman–Crippen LogP) is 5.14. The fraction of sp³-hybridized carbons (Fsp3) is 0.0870. The molecule has 0 saturated heterocycles. The van der Waals surface area contributed by atoms with Crippen LogP contribution in [0.5, 0.6) is 0 Å². The van der Waals surface area contributed by atoms with Gasteiger partial charge < -0.3 is 0 Å². The van der Waals surface area contributed by atoms with Crippen LogP contribution in [0.4, 0.5) is 5.69 Å². The highest BCUT2D eigenvalue weighted by molar-refractivity contribution is 6.30. The normalized spacial score (nSPS) is 18.7. The molecule has 2 atom stereocenters. The molecule has 0 amide bonds. The number of halogens is 1. The zero-order valence-electron chi connectivity index (χ0n) is 15.5. The first-order valence-corrected chi connectivity index (χ1v) is 9.77. The third kappa shape index (κ3) is 3.30. The minimum atomic E-state index is -0.127. The molecule has 0 N–H and O–H groups in total. The van der Waals surface area contributed by atoms with Crippen LogP contribution < -0.4 is 5.01 Å². The average molecular weight is 400 g/mol. The molecule has 1 aliphatic heterocycles. The Kier molecular flexibility index (Phi) is 4.58. The maximum atomic E-state index is 6.13. The topological polar surface area (TPSA) is 46.3 Å². The number of nitrogens with zero attached hydrogens (tertiary/aromatic N) is 5. The van der Waals surface area contributed by atoms with E-state index in [4.69, 9.17) is 16.7 Å². The summed E-state index contributed by atoms with van der Waals surface area (Å²) in [6, 6.07) is 28.2. The van der Waals surface area contributed by atoms with E-state index in [9.17, 15) is 0 Å². The molecule has 142 valence electrons. The first kappa shape index (κ1) is 17.6. The third-order valence-electron chi connectivity index (χ3n) is 5.08. The zero-order chi connectivity index (χ0) is 19.6. The van der Waals surface area contributed by atoms with Crippen LogP contribution in [0.1, 0.15) is 23.2 Å². The van der Waals surface area contributed by atoms with E-state index in [-0.39, 0.29) is 12.1 Å². The fourth-order valence-corrected chi connectivity index (χ4v) is 3.90. The van der Waals surface area contributed by atoms with E-state index in [2.05, 4.69) is 39.4 Å². The molecule has 3 aromatic carbocycles. The molecule has 0 fully saturated rings. The molecule has 6 heteroatoms. The molecule has 0 aliphatic carbocycles. The second-order valence-electron chi connectivity index (χ2n) is 6.85. The Balaban J connectivity index is 1.71. The van der Waals surface area contributed by atoms with Gasteiger partial charge in [0.2, 0.25) is 0 Å². The number of benzene rings is 3. The summed E-state index contributed by atoms with van der Waals surface area (Å²) < 4.78 is 1.89. The van der Waals surface area contributed by atoms with E-state index in [1.54, 1.807) is 12.7 Å². The first-order chi connectivity index (χ1) is 14.3. The second kappa shape index (κ2) is 7.53. The SMILES string of the molecule is Clc1ccc(N2N=C(c3ccccc3)C(n3cncn3)C2c2ccccc2)cc1. The van der Waals surface area contributed by atoms with Gasteiger partial charge in [0, 0.05) is 10.6 Å². The van der Waals surface area contributed by atoms with Gasteiger partial charge in [0.05, 0.1) is 11.4 Å². The number of anilines is 1. The van der Waals surface area contributed by atoms with Gasteiger partial charge in [-0.15, -0.1) is 0 Å². The van der Waals surface area contributed by atoms with Gasteiger partial charge in [0.25, 0.3) is 0 Å². The number of rotatable bonds is 4. The molecular weight excluding hydrogens is 382 g/mol. The van der Waals surface area contributed by atoms with Crippen LogP contribution in [0.3, 0.4) is 0 Å². The zero-order valence-corrected chi connectivity index (χ0v) is 16.3. The second-order valence-corrected chi connectivity index (χ2v) is 7.28. The fourth-order valence-electron chi connectivity index (χ4n) is 3.77. The van der Waals surface area contributed by atoms with Crippen LogP contribution >= 0.6 is 11.6 Å². The molecule has 29 heavy (non-hydrogen) atoms. The molecule has 1 aromatic heterocycles. The van der Waals surface area contributed by atoms with Gasteiger partial charge in [-0.3, -0.25) is 5.01 Å². The lowest BCUT2D eigenvalue weighted by atomic mass is 9.93. The first-order valence-electron chi connectivity index (χ1n) is 9.39. The van der Waals surface area contributed by atoms with Crippen LogP contribution in [0.25, 0.3) is 0 Å². The number of hydrogen-bond acceptors (Lipinski definition) is 4. The van der Waals surface area contributed by atoms with Gasteiger partial charge in [0.15, 0.2) is 0 Å². The van der Waals surface area contributed by atoms with Crippen LogP contribution in [0.2, 0.25) is 5.02 Å². The van der Waals surface area contributed by atoms with Crippen molar-refractivity contribution in [1.29, 1.82) is 0 Å². The molecule has 0 radical (unpaired) electrons. The van der Waals surface area contributed by atoms with Crippen molar-refractivity contribution in [3.8, 4) is 0 Å². The molecule has 1 aliphatic rings. The summed E-state index contributed by atoms with van der Waals surface area (Å²) in [6.07, 6.45) is 3.32. The van der Waals surface area contributed by atoms with E-state index in [0.717, 1.165) is 22.5 Å². The molecule has 0 bridgehead atoms. The van der Waals surface area contributed by atoms with Crippen molar-refractivity contribution in [3.63, 3.8) is 0 Å². The van der Waals surface area contributed by atoms with Crippen LogP contribution in [-0.4, -0.2) is 20.5 Å². The summed E-state index contributed by atoms with van der Waals surface area (Å²) in [6.45, 7) is 0. The molecular formula is C23H18ClN5. The lowest BCUT2D eigenvalue weighted by molar-refractivity contribution is 0.485. The molecule has 5 nitrogen and oxygen atoms in total. The van der Waals surface area contributed by atoms with E-state index in [0.29, 0.717) is 5.02 Å². The number of hydrogen-bond donors (Lipinski definition) is 0. The highest BCUT2D eigenvalue weighted by Crippen LogP contribution is 2.43. The van der Waals surface area contributed by atoms with Gasteiger partial charge in [0.1, 0.15) is 24.7 Å². The number of hydrazone groups is 1. The Morgan fingerprint density at radius 1 is 0.759 bits per heavy atom. The largest absolute Gasteiger partial charge is 0.255 e. The Hall–Kier alpha value is -3.44. The number of aromatic nitrogens is 3. The maximum Gasteiger partial charge on any atom is 0.137 e. The molecule has 4 aromatic rings. The highest BCUT2D eigenvalue weighted by atomic mass is 35.5. The predicted molar refractivity (Wildman–Crippen MR) is 115 cm³/mol. The van der Waals surface area contributed by atoms with Gasteiger partial charge in [-0.05, 0) is 29.8 Å². The quantitative estimate of drug-likeness (QED) is 0.477. The molecule has 0 saturated carbocycles. The summed E-state index contributed by atoms with van der Waals surface area (Å²) in [5, 5.41) is 12.3. The Bertz CT molecular complexity index is 1110. The molecule has 2 unspecified atom stereocenters. The van der Waals surface area contributed by atoms with Crippen LogP contribution in [0, 0.1) is 0 Å². The van der Waals surface area contributed by atoms with Crippen LogP contribution in [-0.2, 0) is 0 Å². The summed E-state index contributed by atoms with van der Waals surface area (Å²) in [4.78, 5) is 4.19. The monoisotopic (exact) mass is 399 g/mol. The van der Waals surface area contributed by atoms with Gasteiger partial charge in [-0.25, -0.2) is 9.67 Å². The van der Waals surface area contributed by atoms with Crippen LogP contribution in [0.15, 0.2) is 103 Å². The average Bonchev–Trinajstić information content (AvgIpc) is 3.43. The molecule has 2 heterocycles. The molecule has 5 rings (SSSR count). The summed E-state index contributed by atoms with van der Waals surface area (Å²) >= 11 is 6.13. The summed E-state index contributed by atoms with van der Waals surface area (Å²) in [5.41, 5.74) is 4.13. The highest BCUT2D eigenvalue weighted by Gasteiger charge is 2.41. The Labute approximate surface area is 173 Å². The third-order valence-corrected chi connectivity index (χ3v) is 5.33.